The minimum absolute atomic E-state index is 0.729. The first-order valence-electron chi connectivity index (χ1n) is 7.77. The van der Waals surface area contributed by atoms with Crippen LogP contribution in [0.1, 0.15) is 38.2 Å². The van der Waals surface area contributed by atoms with E-state index in [-0.39, 0.29) is 0 Å². The van der Waals surface area contributed by atoms with Gasteiger partial charge in [0.25, 0.3) is 0 Å². The quantitative estimate of drug-likeness (QED) is 0.876. The molecule has 0 radical (unpaired) electrons. The Bertz CT molecular complexity index is 389. The summed E-state index contributed by atoms with van der Waals surface area (Å²) in [7, 11) is 0. The Balaban J connectivity index is 2.08. The third-order valence-electron chi connectivity index (χ3n) is 4.66. The number of hydrogen-bond acceptors (Lipinski definition) is 2. The van der Waals surface area contributed by atoms with Gasteiger partial charge in [-0.05, 0) is 56.7 Å². The molecule has 2 heteroatoms. The van der Waals surface area contributed by atoms with E-state index in [2.05, 4.69) is 43.0 Å². The van der Waals surface area contributed by atoms with Gasteiger partial charge in [-0.15, -0.1) is 0 Å². The highest BCUT2D eigenvalue weighted by atomic mass is 15.1. The Morgan fingerprint density at radius 3 is 2.47 bits per heavy atom. The second-order valence-corrected chi connectivity index (χ2v) is 5.87. The third-order valence-corrected chi connectivity index (χ3v) is 4.66. The van der Waals surface area contributed by atoms with E-state index in [1.807, 2.05) is 0 Å². The molecule has 0 aliphatic heterocycles. The first-order valence-corrected chi connectivity index (χ1v) is 7.77. The van der Waals surface area contributed by atoms with Crippen molar-refractivity contribution in [3.8, 4) is 0 Å². The van der Waals surface area contributed by atoms with E-state index in [4.69, 9.17) is 5.73 Å². The van der Waals surface area contributed by atoms with Crippen molar-refractivity contribution < 1.29 is 0 Å². The van der Waals surface area contributed by atoms with Crippen LogP contribution in [0.15, 0.2) is 24.3 Å². The SMILES string of the molecule is CCN(CC1CCCCC1CN)c1ccccc1C. The van der Waals surface area contributed by atoms with Crippen molar-refractivity contribution in [3.63, 3.8) is 0 Å². The number of anilines is 1. The van der Waals surface area contributed by atoms with E-state index in [1.54, 1.807) is 0 Å². The topological polar surface area (TPSA) is 29.3 Å². The van der Waals surface area contributed by atoms with E-state index < -0.39 is 0 Å². The van der Waals surface area contributed by atoms with E-state index in [0.717, 1.165) is 24.9 Å². The molecule has 1 aliphatic rings. The van der Waals surface area contributed by atoms with Gasteiger partial charge >= 0.3 is 0 Å². The Kier molecular flexibility index (Phi) is 5.26. The highest BCUT2D eigenvalue weighted by Crippen LogP contribution is 2.31. The minimum Gasteiger partial charge on any atom is -0.371 e. The van der Waals surface area contributed by atoms with Crippen LogP contribution in [0.2, 0.25) is 0 Å². The largest absolute Gasteiger partial charge is 0.371 e. The third kappa shape index (κ3) is 3.50. The van der Waals surface area contributed by atoms with Gasteiger partial charge in [0, 0.05) is 18.8 Å². The molecule has 0 heterocycles. The number of hydrogen-bond donors (Lipinski definition) is 1. The molecule has 106 valence electrons. The number of aryl methyl sites for hydroxylation is 1. The molecule has 0 aromatic heterocycles. The van der Waals surface area contributed by atoms with Crippen LogP contribution >= 0.6 is 0 Å². The molecule has 1 aromatic rings. The highest BCUT2D eigenvalue weighted by Gasteiger charge is 2.25. The highest BCUT2D eigenvalue weighted by molar-refractivity contribution is 5.52. The fourth-order valence-corrected chi connectivity index (χ4v) is 3.43. The summed E-state index contributed by atoms with van der Waals surface area (Å²) in [4.78, 5) is 2.54. The predicted octanol–water partition coefficient (Wildman–Crippen LogP) is 3.59. The molecular formula is C17H28N2. The van der Waals surface area contributed by atoms with Crippen molar-refractivity contribution >= 4 is 5.69 Å². The van der Waals surface area contributed by atoms with Crippen LogP contribution in [0.25, 0.3) is 0 Å². The average Bonchev–Trinajstić information content (AvgIpc) is 2.46. The Morgan fingerprint density at radius 1 is 1.16 bits per heavy atom. The van der Waals surface area contributed by atoms with Gasteiger partial charge in [0.1, 0.15) is 0 Å². The van der Waals surface area contributed by atoms with Crippen molar-refractivity contribution in [2.75, 3.05) is 24.5 Å². The zero-order valence-corrected chi connectivity index (χ0v) is 12.4. The summed E-state index contributed by atoms with van der Waals surface area (Å²) in [6.45, 7) is 7.57. The first kappa shape index (κ1) is 14.4. The Morgan fingerprint density at radius 2 is 1.84 bits per heavy atom. The number of nitrogens with two attached hydrogens (primary N) is 1. The molecule has 1 saturated carbocycles. The fraction of sp³-hybridized carbons (Fsp3) is 0.647. The molecule has 0 bridgehead atoms. The number of rotatable bonds is 5. The van der Waals surface area contributed by atoms with Gasteiger partial charge in [-0.2, -0.15) is 0 Å². The lowest BCUT2D eigenvalue weighted by Gasteiger charge is -2.36. The molecule has 2 rings (SSSR count). The lowest BCUT2D eigenvalue weighted by atomic mass is 9.79. The minimum atomic E-state index is 0.729. The normalized spacial score (nSPS) is 23.3. The summed E-state index contributed by atoms with van der Waals surface area (Å²) < 4.78 is 0. The van der Waals surface area contributed by atoms with Crippen LogP contribution in [0.4, 0.5) is 5.69 Å². The molecule has 0 amide bonds. The maximum atomic E-state index is 5.96. The van der Waals surface area contributed by atoms with Crippen LogP contribution in [0, 0.1) is 18.8 Å². The van der Waals surface area contributed by atoms with Gasteiger partial charge < -0.3 is 10.6 Å². The van der Waals surface area contributed by atoms with Crippen LogP contribution < -0.4 is 10.6 Å². The van der Waals surface area contributed by atoms with E-state index >= 15 is 0 Å². The smallest absolute Gasteiger partial charge is 0.0395 e. The predicted molar refractivity (Wildman–Crippen MR) is 83.6 cm³/mol. The number of nitrogens with zero attached hydrogens (tertiary/aromatic N) is 1. The Hall–Kier alpha value is -1.02. The van der Waals surface area contributed by atoms with Crippen LogP contribution in [-0.2, 0) is 0 Å². The first-order chi connectivity index (χ1) is 9.26. The molecule has 2 nitrogen and oxygen atoms in total. The summed E-state index contributed by atoms with van der Waals surface area (Å²) in [6.07, 6.45) is 5.43. The maximum absolute atomic E-state index is 5.96. The van der Waals surface area contributed by atoms with E-state index in [1.165, 1.54) is 43.5 Å². The lowest BCUT2D eigenvalue weighted by molar-refractivity contribution is 0.246. The molecule has 2 unspecified atom stereocenters. The van der Waals surface area contributed by atoms with Gasteiger partial charge in [-0.3, -0.25) is 0 Å². The molecular weight excluding hydrogens is 232 g/mol. The van der Waals surface area contributed by atoms with Gasteiger partial charge in [-0.25, -0.2) is 0 Å². The molecule has 0 spiro atoms. The van der Waals surface area contributed by atoms with Crippen molar-refractivity contribution in [3.05, 3.63) is 29.8 Å². The summed E-state index contributed by atoms with van der Waals surface area (Å²) in [6, 6.07) is 8.72. The second kappa shape index (κ2) is 6.95. The summed E-state index contributed by atoms with van der Waals surface area (Å²) >= 11 is 0. The monoisotopic (exact) mass is 260 g/mol. The summed E-state index contributed by atoms with van der Waals surface area (Å²) in [5.74, 6) is 1.50. The Labute approximate surface area is 118 Å². The second-order valence-electron chi connectivity index (χ2n) is 5.87. The standard InChI is InChI=1S/C17H28N2/c1-3-19(17-11-7-4-8-14(17)2)13-16-10-6-5-9-15(16)12-18/h4,7-8,11,15-16H,3,5-6,9-10,12-13,18H2,1-2H3. The van der Waals surface area contributed by atoms with Crippen molar-refractivity contribution in [1.82, 2.24) is 0 Å². The van der Waals surface area contributed by atoms with E-state index in [0.29, 0.717) is 0 Å². The fourth-order valence-electron chi connectivity index (χ4n) is 3.43. The molecule has 1 fully saturated rings. The molecule has 19 heavy (non-hydrogen) atoms. The van der Waals surface area contributed by atoms with Gasteiger partial charge in [0.15, 0.2) is 0 Å². The summed E-state index contributed by atoms with van der Waals surface area (Å²) in [5, 5.41) is 0. The van der Waals surface area contributed by atoms with Crippen LogP contribution in [0.5, 0.6) is 0 Å². The lowest BCUT2D eigenvalue weighted by Crippen LogP contribution is -2.37. The van der Waals surface area contributed by atoms with Gasteiger partial charge in [-0.1, -0.05) is 31.0 Å². The summed E-state index contributed by atoms with van der Waals surface area (Å²) in [5.41, 5.74) is 8.73. The molecule has 1 aromatic carbocycles. The number of benzene rings is 1. The number of para-hydroxylation sites is 1. The van der Waals surface area contributed by atoms with Crippen molar-refractivity contribution in [1.29, 1.82) is 0 Å². The molecule has 1 aliphatic carbocycles. The zero-order valence-electron chi connectivity index (χ0n) is 12.4. The van der Waals surface area contributed by atoms with Gasteiger partial charge in [0.05, 0.1) is 0 Å². The molecule has 2 N–H and O–H groups in total. The van der Waals surface area contributed by atoms with Gasteiger partial charge in [0.2, 0.25) is 0 Å². The molecule has 0 saturated heterocycles. The average molecular weight is 260 g/mol. The van der Waals surface area contributed by atoms with Crippen LogP contribution in [-0.4, -0.2) is 19.6 Å². The van der Waals surface area contributed by atoms with Crippen molar-refractivity contribution in [2.24, 2.45) is 17.6 Å². The van der Waals surface area contributed by atoms with Crippen molar-refractivity contribution in [2.45, 2.75) is 39.5 Å². The van der Waals surface area contributed by atoms with E-state index in [9.17, 15) is 0 Å². The molecule has 2 atom stereocenters. The van der Waals surface area contributed by atoms with Crippen LogP contribution in [0.3, 0.4) is 0 Å². The maximum Gasteiger partial charge on any atom is 0.0395 e. The zero-order chi connectivity index (χ0) is 13.7.